The first kappa shape index (κ1) is 17.9. The molecule has 0 aliphatic carbocycles. The Morgan fingerprint density at radius 2 is 0.737 bits per heavy atom. The summed E-state index contributed by atoms with van der Waals surface area (Å²) in [6, 6.07) is 0. The molecule has 0 saturated heterocycles. The summed E-state index contributed by atoms with van der Waals surface area (Å²) < 4.78 is 0. The average molecular weight is 270 g/mol. The molecule has 0 fully saturated rings. The molecule has 0 bridgehead atoms. The van der Waals surface area contributed by atoms with Crippen molar-refractivity contribution in [3.63, 3.8) is 0 Å². The van der Waals surface area contributed by atoms with Crippen molar-refractivity contribution in [2.75, 3.05) is 13.1 Å². The highest BCUT2D eigenvalue weighted by molar-refractivity contribution is 5.45. The second-order valence-corrected chi connectivity index (χ2v) is 5.03. The molecule has 0 radical (unpaired) electrons. The molecular formula is C15H30N2O2. The van der Waals surface area contributed by atoms with E-state index in [2.05, 4.69) is 10.6 Å². The standard InChI is InChI=1S/C15H30N2O2/c18-14-16-12-10-8-6-4-2-1-3-5-7-9-11-13-17-15-19/h14-15H,1-13H2,(H,16,18)(H,17,19). The van der Waals surface area contributed by atoms with Gasteiger partial charge in [0.2, 0.25) is 12.8 Å². The summed E-state index contributed by atoms with van der Waals surface area (Å²) in [5, 5.41) is 5.37. The van der Waals surface area contributed by atoms with E-state index in [1.807, 2.05) is 0 Å². The predicted octanol–water partition coefficient (Wildman–Crippen LogP) is 2.77. The Kier molecular flexibility index (Phi) is 16.0. The summed E-state index contributed by atoms with van der Waals surface area (Å²) in [5.74, 6) is 0. The van der Waals surface area contributed by atoms with Crippen LogP contribution < -0.4 is 10.6 Å². The zero-order chi connectivity index (χ0) is 14.0. The van der Waals surface area contributed by atoms with Crippen LogP contribution in [0.25, 0.3) is 0 Å². The summed E-state index contributed by atoms with van der Waals surface area (Å²) in [7, 11) is 0. The number of rotatable bonds is 16. The fraction of sp³-hybridized carbons (Fsp3) is 0.867. The van der Waals surface area contributed by atoms with Crippen LogP contribution in [0.15, 0.2) is 0 Å². The molecule has 0 aromatic carbocycles. The minimum atomic E-state index is 0.773. The Morgan fingerprint density at radius 1 is 0.474 bits per heavy atom. The summed E-state index contributed by atoms with van der Waals surface area (Å²) in [5.41, 5.74) is 0. The van der Waals surface area contributed by atoms with Gasteiger partial charge < -0.3 is 10.6 Å². The van der Waals surface area contributed by atoms with Gasteiger partial charge in [0.15, 0.2) is 0 Å². The highest BCUT2D eigenvalue weighted by Gasteiger charge is 1.93. The second-order valence-electron chi connectivity index (χ2n) is 5.03. The molecule has 4 heteroatoms. The fourth-order valence-corrected chi connectivity index (χ4v) is 2.16. The molecule has 0 aliphatic rings. The van der Waals surface area contributed by atoms with E-state index in [1.54, 1.807) is 0 Å². The van der Waals surface area contributed by atoms with Crippen LogP contribution in [0.5, 0.6) is 0 Å². The van der Waals surface area contributed by atoms with Gasteiger partial charge in [0.05, 0.1) is 0 Å². The summed E-state index contributed by atoms with van der Waals surface area (Å²) in [4.78, 5) is 20.0. The maximum Gasteiger partial charge on any atom is 0.207 e. The van der Waals surface area contributed by atoms with E-state index in [0.717, 1.165) is 38.8 Å². The smallest absolute Gasteiger partial charge is 0.207 e. The van der Waals surface area contributed by atoms with E-state index in [4.69, 9.17) is 0 Å². The average Bonchev–Trinajstić information content (AvgIpc) is 2.43. The number of carbonyl (C=O) groups excluding carboxylic acids is 2. The first-order valence-electron chi connectivity index (χ1n) is 7.76. The molecule has 0 rings (SSSR count). The molecule has 0 aromatic rings. The molecule has 0 heterocycles. The van der Waals surface area contributed by atoms with Crippen LogP contribution in [0.3, 0.4) is 0 Å². The van der Waals surface area contributed by atoms with Crippen LogP contribution in [-0.2, 0) is 9.59 Å². The number of carbonyl (C=O) groups is 2. The lowest BCUT2D eigenvalue weighted by Crippen LogP contribution is -2.11. The summed E-state index contributed by atoms with van der Waals surface area (Å²) in [6.07, 6.45) is 15.5. The normalized spacial score (nSPS) is 10.1. The van der Waals surface area contributed by atoms with Crippen molar-refractivity contribution in [2.45, 2.75) is 70.6 Å². The van der Waals surface area contributed by atoms with Gasteiger partial charge in [-0.05, 0) is 12.8 Å². The monoisotopic (exact) mass is 270 g/mol. The van der Waals surface area contributed by atoms with Crippen molar-refractivity contribution >= 4 is 12.8 Å². The minimum Gasteiger partial charge on any atom is -0.359 e. The van der Waals surface area contributed by atoms with Crippen molar-refractivity contribution < 1.29 is 9.59 Å². The second kappa shape index (κ2) is 16.9. The Bertz CT molecular complexity index is 179. The van der Waals surface area contributed by atoms with Crippen molar-refractivity contribution in [1.29, 1.82) is 0 Å². The Labute approximate surface area is 117 Å². The van der Waals surface area contributed by atoms with Gasteiger partial charge >= 0.3 is 0 Å². The third kappa shape index (κ3) is 16.9. The van der Waals surface area contributed by atoms with Gasteiger partial charge in [-0.2, -0.15) is 0 Å². The Hall–Kier alpha value is -1.06. The lowest BCUT2D eigenvalue weighted by atomic mass is 10.1. The van der Waals surface area contributed by atoms with Gasteiger partial charge in [0, 0.05) is 13.1 Å². The van der Waals surface area contributed by atoms with Gasteiger partial charge in [0.25, 0.3) is 0 Å². The quantitative estimate of drug-likeness (QED) is 0.335. The lowest BCUT2D eigenvalue weighted by Gasteiger charge is -2.03. The first-order chi connectivity index (χ1) is 9.41. The van der Waals surface area contributed by atoms with Crippen molar-refractivity contribution in [3.05, 3.63) is 0 Å². The molecule has 0 spiro atoms. The van der Waals surface area contributed by atoms with Gasteiger partial charge in [-0.15, -0.1) is 0 Å². The number of amides is 2. The molecule has 0 saturated carbocycles. The summed E-state index contributed by atoms with van der Waals surface area (Å²) in [6.45, 7) is 1.64. The maximum atomic E-state index is 10.0. The topological polar surface area (TPSA) is 58.2 Å². The highest BCUT2D eigenvalue weighted by atomic mass is 16.1. The molecule has 0 atom stereocenters. The molecule has 112 valence electrons. The maximum absolute atomic E-state index is 10.0. The minimum absolute atomic E-state index is 0.773. The van der Waals surface area contributed by atoms with Crippen LogP contribution >= 0.6 is 0 Å². The highest BCUT2D eigenvalue weighted by Crippen LogP contribution is 2.10. The molecule has 0 aliphatic heterocycles. The molecular weight excluding hydrogens is 240 g/mol. The number of hydrogen-bond donors (Lipinski definition) is 2. The molecule has 2 N–H and O–H groups in total. The van der Waals surface area contributed by atoms with Crippen molar-refractivity contribution in [3.8, 4) is 0 Å². The van der Waals surface area contributed by atoms with Crippen LogP contribution in [0.2, 0.25) is 0 Å². The molecule has 0 aromatic heterocycles. The zero-order valence-electron chi connectivity index (χ0n) is 12.2. The molecule has 19 heavy (non-hydrogen) atoms. The third-order valence-corrected chi connectivity index (χ3v) is 3.31. The Balaban J connectivity index is 2.91. The molecule has 0 unspecified atom stereocenters. The van der Waals surface area contributed by atoms with Crippen LogP contribution in [0, 0.1) is 0 Å². The summed E-state index contributed by atoms with van der Waals surface area (Å²) >= 11 is 0. The van der Waals surface area contributed by atoms with Crippen molar-refractivity contribution in [1.82, 2.24) is 10.6 Å². The van der Waals surface area contributed by atoms with E-state index in [0.29, 0.717) is 0 Å². The van der Waals surface area contributed by atoms with Crippen LogP contribution in [-0.4, -0.2) is 25.9 Å². The largest absolute Gasteiger partial charge is 0.359 e. The number of nitrogens with one attached hydrogen (secondary N) is 2. The van der Waals surface area contributed by atoms with Gasteiger partial charge in [0.1, 0.15) is 0 Å². The first-order valence-corrected chi connectivity index (χ1v) is 7.76. The molecule has 2 amide bonds. The van der Waals surface area contributed by atoms with Gasteiger partial charge in [-0.25, -0.2) is 0 Å². The SMILES string of the molecule is O=CNCCCCCCCCCCCCCNC=O. The lowest BCUT2D eigenvalue weighted by molar-refractivity contribution is -0.110. The number of unbranched alkanes of at least 4 members (excludes halogenated alkanes) is 10. The fourth-order valence-electron chi connectivity index (χ4n) is 2.16. The van der Waals surface area contributed by atoms with E-state index < -0.39 is 0 Å². The van der Waals surface area contributed by atoms with E-state index >= 15 is 0 Å². The van der Waals surface area contributed by atoms with E-state index in [1.165, 1.54) is 57.8 Å². The third-order valence-electron chi connectivity index (χ3n) is 3.31. The van der Waals surface area contributed by atoms with Gasteiger partial charge in [-0.1, -0.05) is 57.8 Å². The van der Waals surface area contributed by atoms with Crippen molar-refractivity contribution in [2.24, 2.45) is 0 Å². The number of hydrogen-bond acceptors (Lipinski definition) is 2. The van der Waals surface area contributed by atoms with E-state index in [-0.39, 0.29) is 0 Å². The predicted molar refractivity (Wildman–Crippen MR) is 78.9 cm³/mol. The van der Waals surface area contributed by atoms with Crippen LogP contribution in [0.4, 0.5) is 0 Å². The van der Waals surface area contributed by atoms with Crippen LogP contribution in [0.1, 0.15) is 70.6 Å². The van der Waals surface area contributed by atoms with Gasteiger partial charge in [-0.3, -0.25) is 9.59 Å². The van der Waals surface area contributed by atoms with E-state index in [9.17, 15) is 9.59 Å². The zero-order valence-corrected chi connectivity index (χ0v) is 12.2. The Morgan fingerprint density at radius 3 is 1.00 bits per heavy atom. The molecule has 4 nitrogen and oxygen atoms in total.